The minimum absolute atomic E-state index is 0.0219. The van der Waals surface area contributed by atoms with Crippen LogP contribution in [0.1, 0.15) is 15.9 Å². The van der Waals surface area contributed by atoms with Crippen LogP contribution in [0.15, 0.2) is 71.6 Å². The van der Waals surface area contributed by atoms with Crippen LogP contribution in [0.4, 0.5) is 10.1 Å². The van der Waals surface area contributed by atoms with E-state index in [2.05, 4.69) is 4.72 Å². The number of carbonyl (C=O) groups excluding carboxylic acids is 1. The second-order valence-corrected chi connectivity index (χ2v) is 8.95. The summed E-state index contributed by atoms with van der Waals surface area (Å²) in [6, 6.07) is 16.4. The van der Waals surface area contributed by atoms with Crippen molar-refractivity contribution in [3.63, 3.8) is 0 Å². The Balaban J connectivity index is 1.88. The number of para-hydroxylation sites is 1. The van der Waals surface area contributed by atoms with Crippen LogP contribution in [0.25, 0.3) is 0 Å². The van der Waals surface area contributed by atoms with Gasteiger partial charge in [-0.2, -0.15) is 0 Å². The quantitative estimate of drug-likeness (QED) is 0.542. The molecule has 0 unspecified atom stereocenters. The standard InChI is InChI=1S/C21H17Cl2FN2O3S/c1-26(13-15-6-2-4-8-18(15)24)21(27)14-10-11-17(23)20(12-14)30(28,29)25-19-9-5-3-7-16(19)22/h2-12,25H,13H2,1H3. The van der Waals surface area contributed by atoms with E-state index in [-0.39, 0.29) is 32.7 Å². The van der Waals surface area contributed by atoms with Crippen molar-refractivity contribution in [1.29, 1.82) is 0 Å². The molecule has 5 nitrogen and oxygen atoms in total. The van der Waals surface area contributed by atoms with Crippen LogP contribution in [0, 0.1) is 5.82 Å². The lowest BCUT2D eigenvalue weighted by Crippen LogP contribution is -2.27. The van der Waals surface area contributed by atoms with Crippen molar-refractivity contribution in [2.45, 2.75) is 11.4 Å². The Labute approximate surface area is 184 Å². The number of hydrogen-bond acceptors (Lipinski definition) is 3. The zero-order chi connectivity index (χ0) is 21.9. The van der Waals surface area contributed by atoms with Gasteiger partial charge in [0.2, 0.25) is 0 Å². The van der Waals surface area contributed by atoms with Gasteiger partial charge >= 0.3 is 0 Å². The first-order valence-corrected chi connectivity index (χ1v) is 11.0. The highest BCUT2D eigenvalue weighted by molar-refractivity contribution is 7.92. The summed E-state index contributed by atoms with van der Waals surface area (Å²) in [7, 11) is -2.61. The van der Waals surface area contributed by atoms with Crippen molar-refractivity contribution in [2.24, 2.45) is 0 Å². The summed E-state index contributed by atoms with van der Waals surface area (Å²) in [5, 5.41) is 0.164. The van der Waals surface area contributed by atoms with Gasteiger partial charge in [-0.25, -0.2) is 12.8 Å². The third-order valence-corrected chi connectivity index (χ3v) is 6.47. The average molecular weight is 467 g/mol. The summed E-state index contributed by atoms with van der Waals surface area (Å²) in [5.74, 6) is -0.912. The van der Waals surface area contributed by atoms with Crippen molar-refractivity contribution >= 4 is 44.8 Å². The average Bonchev–Trinajstić information content (AvgIpc) is 2.71. The topological polar surface area (TPSA) is 66.5 Å². The maximum absolute atomic E-state index is 13.9. The number of amides is 1. The van der Waals surface area contributed by atoms with Crippen LogP contribution in [0.2, 0.25) is 10.0 Å². The second-order valence-electron chi connectivity index (χ2n) is 6.48. The Morgan fingerprint density at radius 2 is 1.67 bits per heavy atom. The largest absolute Gasteiger partial charge is 0.337 e. The van der Waals surface area contributed by atoms with E-state index >= 15 is 0 Å². The zero-order valence-electron chi connectivity index (χ0n) is 15.8. The number of halogens is 3. The summed E-state index contributed by atoms with van der Waals surface area (Å²) < 4.78 is 41.9. The molecule has 0 fully saturated rings. The summed E-state index contributed by atoms with van der Waals surface area (Å²) in [5.41, 5.74) is 0.622. The van der Waals surface area contributed by atoms with E-state index in [0.717, 1.165) is 0 Å². The number of rotatable bonds is 6. The van der Waals surface area contributed by atoms with Crippen molar-refractivity contribution < 1.29 is 17.6 Å². The number of anilines is 1. The maximum atomic E-state index is 13.9. The van der Waals surface area contributed by atoms with Gasteiger partial charge in [-0.3, -0.25) is 9.52 Å². The van der Waals surface area contributed by atoms with E-state index in [1.807, 2.05) is 0 Å². The van der Waals surface area contributed by atoms with E-state index in [9.17, 15) is 17.6 Å². The molecule has 1 N–H and O–H groups in total. The van der Waals surface area contributed by atoms with Gasteiger partial charge in [-0.15, -0.1) is 0 Å². The van der Waals surface area contributed by atoms with Crippen LogP contribution >= 0.6 is 23.2 Å². The molecule has 0 aliphatic heterocycles. The van der Waals surface area contributed by atoms with Gasteiger partial charge in [-0.05, 0) is 36.4 Å². The third-order valence-electron chi connectivity index (χ3n) is 4.30. The van der Waals surface area contributed by atoms with Crippen LogP contribution < -0.4 is 4.72 Å². The van der Waals surface area contributed by atoms with E-state index in [4.69, 9.17) is 23.2 Å². The highest BCUT2D eigenvalue weighted by atomic mass is 35.5. The molecule has 0 atom stereocenters. The summed E-state index contributed by atoms with van der Waals surface area (Å²) >= 11 is 12.1. The third kappa shape index (κ3) is 4.92. The number of carbonyl (C=O) groups is 1. The number of benzene rings is 3. The lowest BCUT2D eigenvalue weighted by molar-refractivity contribution is 0.0783. The molecule has 0 saturated heterocycles. The number of sulfonamides is 1. The zero-order valence-corrected chi connectivity index (χ0v) is 18.1. The van der Waals surface area contributed by atoms with Crippen LogP contribution in [-0.2, 0) is 16.6 Å². The van der Waals surface area contributed by atoms with E-state index in [0.29, 0.717) is 5.56 Å². The van der Waals surface area contributed by atoms with Crippen LogP contribution in [0.3, 0.4) is 0 Å². The van der Waals surface area contributed by atoms with Gasteiger partial charge in [0.15, 0.2) is 0 Å². The lowest BCUT2D eigenvalue weighted by Gasteiger charge is -2.18. The molecule has 1 amide bonds. The van der Waals surface area contributed by atoms with Crippen molar-refractivity contribution in [1.82, 2.24) is 4.90 Å². The molecule has 9 heteroatoms. The molecule has 0 radical (unpaired) electrons. The number of nitrogens with zero attached hydrogens (tertiary/aromatic N) is 1. The Kier molecular flexibility index (Phi) is 6.65. The molecule has 0 aliphatic carbocycles. The highest BCUT2D eigenvalue weighted by Crippen LogP contribution is 2.28. The Morgan fingerprint density at radius 3 is 2.37 bits per heavy atom. The SMILES string of the molecule is CN(Cc1ccccc1F)C(=O)c1ccc(Cl)c(S(=O)(=O)Nc2ccccc2Cl)c1. The predicted octanol–water partition coefficient (Wildman–Crippen LogP) is 5.21. The normalized spacial score (nSPS) is 11.2. The van der Waals surface area contributed by atoms with Crippen LogP contribution in [0.5, 0.6) is 0 Å². The van der Waals surface area contributed by atoms with E-state index in [1.54, 1.807) is 36.4 Å². The Hall–Kier alpha value is -2.61. The molecule has 0 saturated carbocycles. The smallest absolute Gasteiger partial charge is 0.263 e. The minimum Gasteiger partial charge on any atom is -0.337 e. The highest BCUT2D eigenvalue weighted by Gasteiger charge is 2.22. The Morgan fingerprint density at radius 1 is 1.00 bits per heavy atom. The molecule has 3 aromatic carbocycles. The van der Waals surface area contributed by atoms with Gasteiger partial charge in [-0.1, -0.05) is 53.5 Å². The molecule has 3 rings (SSSR count). The second kappa shape index (κ2) is 9.04. The summed E-state index contributed by atoms with van der Waals surface area (Å²) in [4.78, 5) is 13.8. The Bertz CT molecular complexity index is 1200. The molecule has 156 valence electrons. The first-order valence-electron chi connectivity index (χ1n) is 8.75. The maximum Gasteiger partial charge on any atom is 0.263 e. The van der Waals surface area contributed by atoms with E-state index < -0.39 is 21.7 Å². The monoisotopic (exact) mass is 466 g/mol. The van der Waals surface area contributed by atoms with Gasteiger partial charge in [0.05, 0.1) is 15.7 Å². The fraction of sp³-hybridized carbons (Fsp3) is 0.0952. The first-order chi connectivity index (χ1) is 14.2. The molecule has 3 aromatic rings. The minimum atomic E-state index is -4.11. The molecule has 0 spiro atoms. The molecule has 30 heavy (non-hydrogen) atoms. The van der Waals surface area contributed by atoms with Crippen molar-refractivity contribution in [3.05, 3.63) is 93.7 Å². The predicted molar refractivity (Wildman–Crippen MR) is 116 cm³/mol. The number of nitrogens with one attached hydrogen (secondary N) is 1. The fourth-order valence-electron chi connectivity index (χ4n) is 2.76. The molecule has 0 heterocycles. The van der Waals surface area contributed by atoms with Crippen LogP contribution in [-0.4, -0.2) is 26.3 Å². The first kappa shape index (κ1) is 22.1. The fourth-order valence-corrected chi connectivity index (χ4v) is 4.61. The van der Waals surface area contributed by atoms with Gasteiger partial charge in [0.1, 0.15) is 10.7 Å². The van der Waals surface area contributed by atoms with E-state index in [1.165, 1.54) is 42.3 Å². The van der Waals surface area contributed by atoms with Gasteiger partial charge < -0.3 is 4.90 Å². The summed E-state index contributed by atoms with van der Waals surface area (Å²) in [6.07, 6.45) is 0. The van der Waals surface area contributed by atoms with Crippen molar-refractivity contribution in [3.8, 4) is 0 Å². The van der Waals surface area contributed by atoms with Crippen molar-refractivity contribution in [2.75, 3.05) is 11.8 Å². The lowest BCUT2D eigenvalue weighted by atomic mass is 10.1. The number of hydrogen-bond donors (Lipinski definition) is 1. The molecular formula is C21H17Cl2FN2O3S. The van der Waals surface area contributed by atoms with Gasteiger partial charge in [0.25, 0.3) is 15.9 Å². The molecule has 0 aliphatic rings. The summed E-state index contributed by atoms with van der Waals surface area (Å²) in [6.45, 7) is 0.0219. The van der Waals surface area contributed by atoms with Gasteiger partial charge in [0, 0.05) is 24.7 Å². The molecule has 0 aromatic heterocycles. The molecular weight excluding hydrogens is 450 g/mol. The molecule has 0 bridgehead atoms.